The normalized spacial score (nSPS) is 17.4. The van der Waals surface area contributed by atoms with Crippen LogP contribution in [-0.2, 0) is 4.79 Å². The Morgan fingerprint density at radius 1 is 1.27 bits per heavy atom. The smallest absolute Gasteiger partial charge is 0.251 e. The van der Waals surface area contributed by atoms with Crippen LogP contribution in [-0.4, -0.2) is 32.3 Å². The van der Waals surface area contributed by atoms with Gasteiger partial charge >= 0.3 is 0 Å². The topological polar surface area (TPSA) is 104 Å². The second-order valence-corrected chi connectivity index (χ2v) is 7.52. The van der Waals surface area contributed by atoms with Crippen LogP contribution in [0.5, 0.6) is 11.5 Å². The van der Waals surface area contributed by atoms with Gasteiger partial charge in [0.2, 0.25) is 11.1 Å². The van der Waals surface area contributed by atoms with Crippen LogP contribution < -0.4 is 20.6 Å². The summed E-state index contributed by atoms with van der Waals surface area (Å²) in [6.45, 7) is 1.75. The minimum absolute atomic E-state index is 0.151. The van der Waals surface area contributed by atoms with E-state index in [1.807, 2.05) is 18.2 Å². The van der Waals surface area contributed by atoms with E-state index in [4.69, 9.17) is 15.3 Å². The van der Waals surface area contributed by atoms with Gasteiger partial charge in [-0.3, -0.25) is 4.79 Å². The Hall–Kier alpha value is -2.42. The number of thioether (sulfide) groups is 1. The molecule has 1 spiro atoms. The molecule has 0 unspecified atom stereocenters. The van der Waals surface area contributed by atoms with Crippen LogP contribution in [0, 0.1) is 6.92 Å². The molecule has 138 valence electrons. The number of benzene rings is 1. The number of fused-ring (bicyclic) bond motifs is 1. The number of rotatable bonds is 4. The maximum atomic E-state index is 12.2. The molecule has 0 atom stereocenters. The standard InChI is InChI=1S/C17H21N5O3S/c1-11-20-21-16(22(11)18)26-10-15(23)19-12-5-6-13-14(9-12)25-17(24-13)7-3-2-4-8-17/h5-6,9H,2-4,7-8,10,18H2,1H3,(H,19,23). The molecule has 0 saturated heterocycles. The van der Waals surface area contributed by atoms with Gasteiger partial charge in [-0.1, -0.05) is 18.2 Å². The number of carbonyl (C=O) groups is 1. The van der Waals surface area contributed by atoms with E-state index in [0.29, 0.717) is 22.4 Å². The maximum Gasteiger partial charge on any atom is 0.251 e. The van der Waals surface area contributed by atoms with Crippen LogP contribution in [0.4, 0.5) is 5.69 Å². The first-order valence-electron chi connectivity index (χ1n) is 8.66. The summed E-state index contributed by atoms with van der Waals surface area (Å²) in [6.07, 6.45) is 5.25. The lowest BCUT2D eigenvalue weighted by molar-refractivity contribution is -0.113. The van der Waals surface area contributed by atoms with E-state index >= 15 is 0 Å². The Kier molecular flexibility index (Phi) is 4.39. The van der Waals surface area contributed by atoms with E-state index in [1.54, 1.807) is 6.92 Å². The third-order valence-corrected chi connectivity index (χ3v) is 5.55. The van der Waals surface area contributed by atoms with Crippen molar-refractivity contribution >= 4 is 23.4 Å². The summed E-state index contributed by atoms with van der Waals surface area (Å²) in [4.78, 5) is 12.2. The van der Waals surface area contributed by atoms with Crippen LogP contribution in [0.1, 0.15) is 37.9 Å². The molecule has 1 aromatic carbocycles. The van der Waals surface area contributed by atoms with Crippen molar-refractivity contribution in [3.8, 4) is 11.5 Å². The highest BCUT2D eigenvalue weighted by Gasteiger charge is 2.42. The molecule has 8 nitrogen and oxygen atoms in total. The van der Waals surface area contributed by atoms with Crippen molar-refractivity contribution in [2.45, 2.75) is 50.0 Å². The summed E-state index contributed by atoms with van der Waals surface area (Å²) < 4.78 is 13.5. The van der Waals surface area contributed by atoms with Crippen molar-refractivity contribution in [2.75, 3.05) is 16.9 Å². The molecule has 0 radical (unpaired) electrons. The fraction of sp³-hybridized carbons (Fsp3) is 0.471. The Morgan fingerprint density at radius 3 is 2.77 bits per heavy atom. The first-order chi connectivity index (χ1) is 12.5. The van der Waals surface area contributed by atoms with Crippen LogP contribution in [0.3, 0.4) is 0 Å². The van der Waals surface area contributed by atoms with Gasteiger partial charge in [-0.05, 0) is 31.9 Å². The largest absolute Gasteiger partial charge is 0.448 e. The summed E-state index contributed by atoms with van der Waals surface area (Å²) in [7, 11) is 0. The molecule has 2 heterocycles. The van der Waals surface area contributed by atoms with Crippen LogP contribution in [0.25, 0.3) is 0 Å². The number of aromatic nitrogens is 3. The fourth-order valence-electron chi connectivity index (χ4n) is 3.24. The van der Waals surface area contributed by atoms with E-state index in [9.17, 15) is 4.79 Å². The van der Waals surface area contributed by atoms with Gasteiger partial charge in [0.05, 0.1) is 5.75 Å². The van der Waals surface area contributed by atoms with Crippen LogP contribution in [0.15, 0.2) is 23.4 Å². The lowest BCUT2D eigenvalue weighted by Gasteiger charge is -2.31. The van der Waals surface area contributed by atoms with Crippen LogP contribution >= 0.6 is 11.8 Å². The maximum absolute atomic E-state index is 12.2. The molecule has 3 N–H and O–H groups in total. The molecule has 4 rings (SSSR count). The van der Waals surface area contributed by atoms with E-state index < -0.39 is 5.79 Å². The van der Waals surface area contributed by atoms with Crippen molar-refractivity contribution in [1.29, 1.82) is 0 Å². The van der Waals surface area contributed by atoms with E-state index in [2.05, 4.69) is 15.5 Å². The van der Waals surface area contributed by atoms with Gasteiger partial charge in [0.1, 0.15) is 5.82 Å². The van der Waals surface area contributed by atoms with Crippen molar-refractivity contribution in [2.24, 2.45) is 0 Å². The first-order valence-corrected chi connectivity index (χ1v) is 9.65. The van der Waals surface area contributed by atoms with Crippen LogP contribution in [0.2, 0.25) is 0 Å². The second kappa shape index (κ2) is 6.71. The Bertz CT molecular complexity index is 832. The number of aryl methyl sites for hydroxylation is 1. The highest BCUT2D eigenvalue weighted by atomic mass is 32.2. The number of hydrogen-bond donors (Lipinski definition) is 2. The molecular weight excluding hydrogens is 354 g/mol. The quantitative estimate of drug-likeness (QED) is 0.625. The highest BCUT2D eigenvalue weighted by molar-refractivity contribution is 7.99. The molecule has 0 bridgehead atoms. The molecule has 1 amide bonds. The SMILES string of the molecule is Cc1nnc(SCC(=O)Nc2ccc3c(c2)OC2(CCCCC2)O3)n1N. The van der Waals surface area contributed by atoms with Crippen molar-refractivity contribution < 1.29 is 14.3 Å². The van der Waals surface area contributed by atoms with Gasteiger partial charge in [-0.25, -0.2) is 4.68 Å². The first kappa shape index (κ1) is 17.0. The van der Waals surface area contributed by atoms with E-state index in [-0.39, 0.29) is 11.7 Å². The number of carbonyl (C=O) groups excluding carboxylic acids is 1. The average Bonchev–Trinajstić information content (AvgIpc) is 3.13. The lowest BCUT2D eigenvalue weighted by atomic mass is 9.94. The molecule has 2 aromatic rings. The second-order valence-electron chi connectivity index (χ2n) is 6.57. The van der Waals surface area contributed by atoms with Gasteiger partial charge in [0, 0.05) is 24.6 Å². The van der Waals surface area contributed by atoms with Gasteiger partial charge in [-0.15, -0.1) is 10.2 Å². The lowest BCUT2D eigenvalue weighted by Crippen LogP contribution is -2.40. The zero-order chi connectivity index (χ0) is 18.1. The number of nitrogens with one attached hydrogen (secondary N) is 1. The molecule has 1 aliphatic carbocycles. The number of amides is 1. The monoisotopic (exact) mass is 375 g/mol. The molecule has 1 saturated carbocycles. The highest BCUT2D eigenvalue weighted by Crippen LogP contribution is 2.46. The number of hydrogen-bond acceptors (Lipinski definition) is 7. The van der Waals surface area contributed by atoms with Gasteiger partial charge < -0.3 is 20.6 Å². The predicted octanol–water partition coefficient (Wildman–Crippen LogP) is 2.46. The minimum atomic E-state index is -0.512. The fourth-order valence-corrected chi connectivity index (χ4v) is 3.94. The summed E-state index contributed by atoms with van der Waals surface area (Å²) in [5.74, 6) is 7.33. The van der Waals surface area contributed by atoms with Crippen molar-refractivity contribution in [3.05, 3.63) is 24.0 Å². The number of nitrogens with two attached hydrogens (primary N) is 1. The predicted molar refractivity (Wildman–Crippen MR) is 97.8 cm³/mol. The minimum Gasteiger partial charge on any atom is -0.448 e. The van der Waals surface area contributed by atoms with E-state index in [1.165, 1.54) is 22.9 Å². The van der Waals surface area contributed by atoms with Gasteiger partial charge in [0.15, 0.2) is 11.5 Å². The summed E-state index contributed by atoms with van der Waals surface area (Å²) >= 11 is 1.23. The average molecular weight is 375 g/mol. The number of nitrogens with zero attached hydrogens (tertiary/aromatic N) is 3. The number of ether oxygens (including phenoxy) is 2. The summed E-state index contributed by atoms with van der Waals surface area (Å²) in [5.41, 5.74) is 0.677. The Balaban J connectivity index is 1.37. The molecule has 1 aliphatic heterocycles. The zero-order valence-electron chi connectivity index (χ0n) is 14.5. The molecule has 1 aromatic heterocycles. The zero-order valence-corrected chi connectivity index (χ0v) is 15.3. The number of anilines is 1. The van der Waals surface area contributed by atoms with Crippen molar-refractivity contribution in [3.63, 3.8) is 0 Å². The van der Waals surface area contributed by atoms with Gasteiger partial charge in [0.25, 0.3) is 5.79 Å². The summed E-state index contributed by atoms with van der Waals surface area (Å²) in [6, 6.07) is 5.49. The molecular formula is C17H21N5O3S. The third-order valence-electron chi connectivity index (χ3n) is 4.60. The molecule has 1 fully saturated rings. The molecule has 2 aliphatic rings. The molecule has 9 heteroatoms. The van der Waals surface area contributed by atoms with Gasteiger partial charge in [-0.2, -0.15) is 0 Å². The van der Waals surface area contributed by atoms with E-state index in [0.717, 1.165) is 31.4 Å². The molecule has 26 heavy (non-hydrogen) atoms. The Morgan fingerprint density at radius 2 is 2.04 bits per heavy atom. The number of nitrogen functional groups attached to an aromatic ring is 1. The van der Waals surface area contributed by atoms with Crippen molar-refractivity contribution in [1.82, 2.24) is 14.9 Å². The Labute approximate surface area is 155 Å². The summed E-state index contributed by atoms with van der Waals surface area (Å²) in [5, 5.41) is 11.2. The third kappa shape index (κ3) is 3.31.